The molecular weight excluding hydrogens is 401 g/mol. The van der Waals surface area contributed by atoms with Gasteiger partial charge >= 0.3 is 6.18 Å². The number of hydrogen-bond donors (Lipinski definition) is 1. The van der Waals surface area contributed by atoms with Gasteiger partial charge in [0.25, 0.3) is 0 Å². The van der Waals surface area contributed by atoms with Gasteiger partial charge in [-0.3, -0.25) is 9.78 Å². The average molecular weight is 417 g/mol. The number of aromatic nitrogens is 1. The van der Waals surface area contributed by atoms with Crippen molar-refractivity contribution in [2.45, 2.75) is 37.6 Å². The topological polar surface area (TPSA) is 51.2 Å². The molecule has 1 heterocycles. The zero-order valence-electron chi connectivity index (χ0n) is 13.4. The van der Waals surface area contributed by atoms with Gasteiger partial charge in [-0.1, -0.05) is 34.7 Å². The minimum atomic E-state index is -4.55. The second kappa shape index (κ2) is 5.95. The molecule has 0 saturated heterocycles. The van der Waals surface area contributed by atoms with Crippen LogP contribution in [0.15, 0.2) is 41.5 Å². The van der Waals surface area contributed by atoms with Crippen LogP contribution in [-0.2, 0) is 15.7 Å². The van der Waals surface area contributed by atoms with Crippen LogP contribution in [0.5, 0.6) is 0 Å². The van der Waals surface area contributed by atoms with E-state index < -0.39 is 22.9 Å². The summed E-state index contributed by atoms with van der Waals surface area (Å²) in [5.41, 5.74) is -2.07. The monoisotopic (exact) mass is 416 g/mol. The van der Waals surface area contributed by atoms with Crippen LogP contribution in [0.1, 0.15) is 25.5 Å². The van der Waals surface area contributed by atoms with Crippen molar-refractivity contribution in [3.63, 3.8) is 0 Å². The summed E-state index contributed by atoms with van der Waals surface area (Å²) < 4.78 is 44.7. The number of amides is 1. The molecule has 0 aromatic carbocycles. The molecule has 2 aliphatic rings. The molecule has 2 aliphatic carbocycles. The molecule has 1 unspecified atom stereocenters. The number of allylic oxidation sites excluding steroid dienone is 2. The Bertz CT molecular complexity index is 755. The number of carbonyl (C=O) groups excluding carboxylic acids is 1. The lowest BCUT2D eigenvalue weighted by atomic mass is 10.2. The van der Waals surface area contributed by atoms with Gasteiger partial charge in [0, 0.05) is 16.4 Å². The molecule has 4 nitrogen and oxygen atoms in total. The summed E-state index contributed by atoms with van der Waals surface area (Å²) in [4.78, 5) is 15.7. The number of halogens is 4. The number of carbonyl (C=O) groups is 1. The molecule has 2 fully saturated rings. The Kier molecular flexibility index (Phi) is 4.31. The minimum absolute atomic E-state index is 0.0814. The summed E-state index contributed by atoms with van der Waals surface area (Å²) in [6.45, 7) is 5.55. The van der Waals surface area contributed by atoms with Crippen LogP contribution < -0.4 is 5.32 Å². The lowest BCUT2D eigenvalue weighted by Crippen LogP contribution is -2.19. The first-order valence-electron chi connectivity index (χ1n) is 7.63. The van der Waals surface area contributed by atoms with Crippen molar-refractivity contribution < 1.29 is 22.7 Å². The third-order valence-electron chi connectivity index (χ3n) is 4.50. The molecule has 1 N–H and O–H groups in total. The standard InChI is InChI=1S/C17H16BrF3N2O2/c1-10(18)3-4-11(2)25-16-8-15(16,9-16)14(24)23-12-5-6-22-13(7-12)17(19,20)21/h3-7,11H,1,8-9H2,2H3,(H,22,23,24). The van der Waals surface area contributed by atoms with E-state index in [2.05, 4.69) is 32.8 Å². The van der Waals surface area contributed by atoms with Crippen LogP contribution in [0.4, 0.5) is 18.9 Å². The zero-order valence-corrected chi connectivity index (χ0v) is 14.9. The maximum absolute atomic E-state index is 12.7. The van der Waals surface area contributed by atoms with Gasteiger partial charge in [-0.15, -0.1) is 0 Å². The number of anilines is 1. The number of pyridine rings is 1. The molecule has 1 aromatic heterocycles. The van der Waals surface area contributed by atoms with E-state index in [4.69, 9.17) is 4.74 Å². The van der Waals surface area contributed by atoms with E-state index in [1.165, 1.54) is 6.07 Å². The quantitative estimate of drug-likeness (QED) is 0.697. The Morgan fingerprint density at radius 1 is 1.52 bits per heavy atom. The molecule has 1 aromatic rings. The lowest BCUT2D eigenvalue weighted by molar-refractivity contribution is -0.141. The molecule has 8 heteroatoms. The Hall–Kier alpha value is -1.67. The molecule has 0 aliphatic heterocycles. The number of rotatable bonds is 6. The second-order valence-corrected chi connectivity index (χ2v) is 7.46. The first-order chi connectivity index (χ1) is 11.6. The molecule has 0 bridgehead atoms. The van der Waals surface area contributed by atoms with Gasteiger partial charge in [-0.25, -0.2) is 0 Å². The molecular formula is C17H16BrF3N2O2. The van der Waals surface area contributed by atoms with Gasteiger partial charge < -0.3 is 10.1 Å². The maximum atomic E-state index is 12.7. The fourth-order valence-corrected chi connectivity index (χ4v) is 3.10. The van der Waals surface area contributed by atoms with E-state index in [1.807, 2.05) is 13.0 Å². The number of fused-ring (bicyclic) bond motifs is 1. The van der Waals surface area contributed by atoms with Gasteiger partial charge in [0.2, 0.25) is 5.91 Å². The third kappa shape index (κ3) is 3.50. The average Bonchev–Trinajstić information content (AvgIpc) is 3.31. The summed E-state index contributed by atoms with van der Waals surface area (Å²) >= 11 is 3.21. The van der Waals surface area contributed by atoms with Crippen molar-refractivity contribution >= 4 is 27.5 Å². The van der Waals surface area contributed by atoms with Crippen LogP contribution in [0.25, 0.3) is 0 Å². The van der Waals surface area contributed by atoms with E-state index in [1.54, 1.807) is 6.08 Å². The van der Waals surface area contributed by atoms with Gasteiger partial charge in [-0.2, -0.15) is 13.2 Å². The van der Waals surface area contributed by atoms with Crippen molar-refractivity contribution in [2.24, 2.45) is 5.41 Å². The maximum Gasteiger partial charge on any atom is 0.433 e. The Labute approximate surface area is 151 Å². The van der Waals surface area contributed by atoms with Gasteiger partial charge in [0.15, 0.2) is 0 Å². The Morgan fingerprint density at radius 2 is 2.20 bits per heavy atom. The second-order valence-electron chi connectivity index (χ2n) is 6.44. The number of nitrogens with zero attached hydrogens (tertiary/aromatic N) is 1. The first kappa shape index (κ1) is 18.1. The van der Waals surface area contributed by atoms with Crippen LogP contribution in [0.3, 0.4) is 0 Å². The summed E-state index contributed by atoms with van der Waals surface area (Å²) in [5.74, 6) is -0.312. The SMILES string of the molecule is C=C(Br)C=CC(C)OC12CC1(C(=O)Nc1ccnc(C(F)(F)F)c1)C2. The van der Waals surface area contributed by atoms with E-state index in [9.17, 15) is 18.0 Å². The minimum Gasteiger partial charge on any atom is -0.367 e. The van der Waals surface area contributed by atoms with Crippen molar-refractivity contribution in [2.75, 3.05) is 5.32 Å². The van der Waals surface area contributed by atoms with Crippen LogP contribution in [0, 0.1) is 5.41 Å². The summed E-state index contributed by atoms with van der Waals surface area (Å²) in [5, 5.41) is 2.55. The van der Waals surface area contributed by atoms with Crippen LogP contribution in [0.2, 0.25) is 0 Å². The fourth-order valence-electron chi connectivity index (χ4n) is 2.95. The lowest BCUT2D eigenvalue weighted by Gasteiger charge is -2.10. The molecule has 1 amide bonds. The normalized spacial score (nSPS) is 28.4. The van der Waals surface area contributed by atoms with Gasteiger partial charge in [-0.05, 0) is 31.9 Å². The summed E-state index contributed by atoms with van der Waals surface area (Å²) in [6, 6.07) is 2.17. The zero-order chi connectivity index (χ0) is 18.5. The van der Waals surface area contributed by atoms with Crippen molar-refractivity contribution in [3.8, 4) is 0 Å². The number of nitrogens with one attached hydrogen (secondary N) is 1. The molecule has 25 heavy (non-hydrogen) atoms. The van der Waals surface area contributed by atoms with Gasteiger partial charge in [0.1, 0.15) is 5.69 Å². The fraction of sp³-hybridized carbons (Fsp3) is 0.412. The number of alkyl halides is 3. The largest absolute Gasteiger partial charge is 0.433 e. The van der Waals surface area contributed by atoms with Crippen molar-refractivity contribution in [1.29, 1.82) is 0 Å². The third-order valence-corrected chi connectivity index (χ3v) is 4.76. The molecule has 1 atom stereocenters. The highest BCUT2D eigenvalue weighted by Gasteiger charge is 2.89. The Morgan fingerprint density at radius 3 is 2.80 bits per heavy atom. The highest BCUT2D eigenvalue weighted by molar-refractivity contribution is 9.11. The predicted octanol–water partition coefficient (Wildman–Crippen LogP) is 4.44. The molecule has 2 saturated carbocycles. The smallest absolute Gasteiger partial charge is 0.367 e. The summed E-state index contributed by atoms with van der Waals surface area (Å²) in [6.07, 6.45) is 1.04. The van der Waals surface area contributed by atoms with E-state index >= 15 is 0 Å². The highest BCUT2D eigenvalue weighted by Crippen LogP contribution is 2.81. The Balaban J connectivity index is 1.61. The molecule has 134 valence electrons. The van der Waals surface area contributed by atoms with Crippen molar-refractivity contribution in [3.05, 3.63) is 47.2 Å². The number of ether oxygens (including phenoxy) is 1. The van der Waals surface area contributed by atoms with Crippen LogP contribution in [-0.4, -0.2) is 22.6 Å². The van der Waals surface area contributed by atoms with E-state index in [0.717, 1.165) is 12.3 Å². The highest BCUT2D eigenvalue weighted by atomic mass is 79.9. The molecule has 0 radical (unpaired) electrons. The van der Waals surface area contributed by atoms with E-state index in [0.29, 0.717) is 17.3 Å². The predicted molar refractivity (Wildman–Crippen MR) is 90.0 cm³/mol. The number of hydrogen-bond acceptors (Lipinski definition) is 3. The summed E-state index contributed by atoms with van der Waals surface area (Å²) in [7, 11) is 0. The molecule has 3 rings (SSSR count). The van der Waals surface area contributed by atoms with E-state index in [-0.39, 0.29) is 17.7 Å². The van der Waals surface area contributed by atoms with Gasteiger partial charge in [0.05, 0.1) is 17.1 Å². The van der Waals surface area contributed by atoms with Crippen LogP contribution >= 0.6 is 15.9 Å². The first-order valence-corrected chi connectivity index (χ1v) is 8.42. The molecule has 0 spiro atoms. The van der Waals surface area contributed by atoms with Crippen molar-refractivity contribution in [1.82, 2.24) is 4.98 Å².